The Hall–Kier alpha value is -1.09. The highest BCUT2D eigenvalue weighted by atomic mass is 16.5. The molecule has 3 heteroatoms. The number of rotatable bonds is 10. The van der Waals surface area contributed by atoms with Gasteiger partial charge in [-0.2, -0.15) is 0 Å². The molecule has 0 spiro atoms. The molecule has 0 aliphatic rings. The molecule has 18 heavy (non-hydrogen) atoms. The third-order valence-corrected chi connectivity index (χ3v) is 2.84. The molecule has 0 aromatic carbocycles. The molecule has 0 aliphatic heterocycles. The van der Waals surface area contributed by atoms with Gasteiger partial charge >= 0.3 is 0 Å². The van der Waals surface area contributed by atoms with E-state index in [9.17, 15) is 0 Å². The lowest BCUT2D eigenvalue weighted by Gasteiger charge is -2.06. The molecular formula is C15H26N2O. The van der Waals surface area contributed by atoms with Crippen LogP contribution in [0, 0.1) is 0 Å². The monoisotopic (exact) mass is 250 g/mol. The lowest BCUT2D eigenvalue weighted by Crippen LogP contribution is -2.00. The number of pyridine rings is 1. The first-order valence-electron chi connectivity index (χ1n) is 7.13. The zero-order chi connectivity index (χ0) is 13.1. The number of aromatic nitrogens is 1. The average Bonchev–Trinajstić information content (AvgIpc) is 2.40. The molecule has 1 heterocycles. The van der Waals surface area contributed by atoms with Gasteiger partial charge in [0.25, 0.3) is 0 Å². The van der Waals surface area contributed by atoms with Crippen LogP contribution in [0.5, 0.6) is 0 Å². The number of nitrogens with one attached hydrogen (secondary N) is 1. The van der Waals surface area contributed by atoms with Crippen molar-refractivity contribution in [1.82, 2.24) is 4.98 Å². The number of anilines is 1. The van der Waals surface area contributed by atoms with Gasteiger partial charge in [-0.1, -0.05) is 38.7 Å². The molecule has 1 N–H and O–H groups in total. The van der Waals surface area contributed by atoms with Gasteiger partial charge in [0.1, 0.15) is 5.82 Å². The van der Waals surface area contributed by atoms with E-state index in [4.69, 9.17) is 4.74 Å². The number of hydrogen-bond donors (Lipinski definition) is 1. The van der Waals surface area contributed by atoms with Crippen LogP contribution in [0.2, 0.25) is 0 Å². The number of nitrogens with zero attached hydrogens (tertiary/aromatic N) is 1. The molecule has 0 fully saturated rings. The number of hydrogen-bond acceptors (Lipinski definition) is 3. The van der Waals surface area contributed by atoms with Crippen molar-refractivity contribution in [2.75, 3.05) is 18.5 Å². The summed E-state index contributed by atoms with van der Waals surface area (Å²) < 4.78 is 5.64. The Bertz CT molecular complexity index is 298. The molecule has 3 nitrogen and oxygen atoms in total. The average molecular weight is 250 g/mol. The highest BCUT2D eigenvalue weighted by Gasteiger charge is 1.96. The smallest absolute Gasteiger partial charge is 0.125 e. The molecule has 0 atom stereocenters. The maximum absolute atomic E-state index is 5.64. The second-order valence-electron chi connectivity index (χ2n) is 4.55. The van der Waals surface area contributed by atoms with E-state index in [0.717, 1.165) is 24.5 Å². The standard InChI is InChI=1S/C15H26N2O/c1-3-5-6-7-8-11-18-13-14-9-10-15(16-4-2)17-12-14/h9-10,12H,3-8,11,13H2,1-2H3,(H,16,17). The summed E-state index contributed by atoms with van der Waals surface area (Å²) in [6, 6.07) is 4.07. The van der Waals surface area contributed by atoms with Gasteiger partial charge in [0.15, 0.2) is 0 Å². The minimum Gasteiger partial charge on any atom is -0.377 e. The van der Waals surface area contributed by atoms with Crippen molar-refractivity contribution in [3.05, 3.63) is 23.9 Å². The highest BCUT2D eigenvalue weighted by Crippen LogP contribution is 2.07. The van der Waals surface area contributed by atoms with Crippen molar-refractivity contribution in [2.24, 2.45) is 0 Å². The molecule has 1 aromatic heterocycles. The first kappa shape index (κ1) is 15.0. The molecule has 102 valence electrons. The zero-order valence-electron chi connectivity index (χ0n) is 11.7. The Morgan fingerprint density at radius 2 is 1.94 bits per heavy atom. The van der Waals surface area contributed by atoms with E-state index in [1.54, 1.807) is 0 Å². The summed E-state index contributed by atoms with van der Waals surface area (Å²) >= 11 is 0. The summed E-state index contributed by atoms with van der Waals surface area (Å²) in [5, 5.41) is 3.18. The molecule has 1 aromatic rings. The van der Waals surface area contributed by atoms with Crippen LogP contribution in [-0.2, 0) is 11.3 Å². The fourth-order valence-electron chi connectivity index (χ4n) is 1.79. The summed E-state index contributed by atoms with van der Waals surface area (Å²) in [6.45, 7) is 6.74. The topological polar surface area (TPSA) is 34.1 Å². The molecule has 0 saturated carbocycles. The van der Waals surface area contributed by atoms with Gasteiger partial charge < -0.3 is 10.1 Å². The Balaban J connectivity index is 2.08. The Morgan fingerprint density at radius 3 is 2.61 bits per heavy atom. The van der Waals surface area contributed by atoms with Crippen LogP contribution in [-0.4, -0.2) is 18.1 Å². The predicted octanol–water partition coefficient (Wildman–Crippen LogP) is 4.00. The van der Waals surface area contributed by atoms with Crippen LogP contribution < -0.4 is 5.32 Å². The van der Waals surface area contributed by atoms with Gasteiger partial charge in [0.2, 0.25) is 0 Å². The van der Waals surface area contributed by atoms with Crippen LogP contribution in [0.15, 0.2) is 18.3 Å². The van der Waals surface area contributed by atoms with Crippen LogP contribution in [0.1, 0.15) is 51.5 Å². The zero-order valence-corrected chi connectivity index (χ0v) is 11.7. The van der Waals surface area contributed by atoms with Gasteiger partial charge in [-0.05, 0) is 25.0 Å². The van der Waals surface area contributed by atoms with E-state index in [-0.39, 0.29) is 0 Å². The van der Waals surface area contributed by atoms with Crippen molar-refractivity contribution in [3.8, 4) is 0 Å². The molecule has 0 unspecified atom stereocenters. The molecule has 0 radical (unpaired) electrons. The summed E-state index contributed by atoms with van der Waals surface area (Å²) in [4.78, 5) is 4.32. The second kappa shape index (κ2) is 9.89. The van der Waals surface area contributed by atoms with E-state index in [1.807, 2.05) is 12.3 Å². The lowest BCUT2D eigenvalue weighted by molar-refractivity contribution is 0.116. The molecule has 0 bridgehead atoms. The molecule has 0 amide bonds. The molecule has 1 rings (SSSR count). The lowest BCUT2D eigenvalue weighted by atomic mass is 10.2. The third kappa shape index (κ3) is 6.60. The van der Waals surface area contributed by atoms with E-state index in [2.05, 4.69) is 30.2 Å². The van der Waals surface area contributed by atoms with Crippen molar-refractivity contribution >= 4 is 5.82 Å². The quantitative estimate of drug-likeness (QED) is 0.637. The maximum atomic E-state index is 5.64. The van der Waals surface area contributed by atoms with Gasteiger partial charge in [-0.15, -0.1) is 0 Å². The number of unbranched alkanes of at least 4 members (excludes halogenated alkanes) is 4. The first-order valence-corrected chi connectivity index (χ1v) is 7.13. The maximum Gasteiger partial charge on any atom is 0.125 e. The van der Waals surface area contributed by atoms with Gasteiger partial charge in [0, 0.05) is 19.3 Å². The van der Waals surface area contributed by atoms with Crippen LogP contribution in [0.4, 0.5) is 5.82 Å². The predicted molar refractivity (Wildman–Crippen MR) is 76.8 cm³/mol. The van der Waals surface area contributed by atoms with Crippen molar-refractivity contribution < 1.29 is 4.74 Å². The first-order chi connectivity index (χ1) is 8.86. The van der Waals surface area contributed by atoms with Crippen LogP contribution >= 0.6 is 0 Å². The van der Waals surface area contributed by atoms with Crippen molar-refractivity contribution in [3.63, 3.8) is 0 Å². The van der Waals surface area contributed by atoms with Crippen LogP contribution in [0.25, 0.3) is 0 Å². The number of ether oxygens (including phenoxy) is 1. The van der Waals surface area contributed by atoms with E-state index >= 15 is 0 Å². The summed E-state index contributed by atoms with van der Waals surface area (Å²) in [5.41, 5.74) is 1.14. The molecular weight excluding hydrogens is 224 g/mol. The Labute approximate surface area is 111 Å². The fourth-order valence-corrected chi connectivity index (χ4v) is 1.79. The Kier molecular flexibility index (Phi) is 8.23. The fraction of sp³-hybridized carbons (Fsp3) is 0.667. The summed E-state index contributed by atoms with van der Waals surface area (Å²) in [6.07, 6.45) is 8.31. The van der Waals surface area contributed by atoms with E-state index in [1.165, 1.54) is 32.1 Å². The second-order valence-corrected chi connectivity index (χ2v) is 4.55. The summed E-state index contributed by atoms with van der Waals surface area (Å²) in [7, 11) is 0. The van der Waals surface area contributed by atoms with Crippen molar-refractivity contribution in [1.29, 1.82) is 0 Å². The van der Waals surface area contributed by atoms with E-state index in [0.29, 0.717) is 6.61 Å². The highest BCUT2D eigenvalue weighted by molar-refractivity contribution is 5.34. The van der Waals surface area contributed by atoms with Gasteiger partial charge in [0.05, 0.1) is 6.61 Å². The minimum atomic E-state index is 0.674. The summed E-state index contributed by atoms with van der Waals surface area (Å²) in [5.74, 6) is 0.931. The van der Waals surface area contributed by atoms with E-state index < -0.39 is 0 Å². The van der Waals surface area contributed by atoms with Crippen molar-refractivity contribution in [2.45, 2.75) is 52.6 Å². The van der Waals surface area contributed by atoms with Crippen LogP contribution in [0.3, 0.4) is 0 Å². The largest absolute Gasteiger partial charge is 0.377 e. The normalized spacial score (nSPS) is 10.6. The third-order valence-electron chi connectivity index (χ3n) is 2.84. The SMILES string of the molecule is CCCCCCCOCc1ccc(NCC)nc1. The molecule has 0 saturated heterocycles. The van der Waals surface area contributed by atoms with Gasteiger partial charge in [-0.25, -0.2) is 4.98 Å². The van der Waals surface area contributed by atoms with Gasteiger partial charge in [-0.3, -0.25) is 0 Å². The molecule has 0 aliphatic carbocycles. The minimum absolute atomic E-state index is 0.674. The Morgan fingerprint density at radius 1 is 1.11 bits per heavy atom.